The van der Waals surface area contributed by atoms with Gasteiger partial charge < -0.3 is 4.74 Å². The van der Waals surface area contributed by atoms with Crippen LogP contribution in [-0.2, 0) is 17.3 Å². The fourth-order valence-electron chi connectivity index (χ4n) is 3.76. The number of rotatable bonds is 6. The second-order valence-corrected chi connectivity index (χ2v) is 9.27. The highest BCUT2D eigenvalue weighted by Gasteiger charge is 2.32. The summed E-state index contributed by atoms with van der Waals surface area (Å²) in [6, 6.07) is 13.4. The van der Waals surface area contributed by atoms with E-state index in [1.807, 2.05) is 0 Å². The van der Waals surface area contributed by atoms with Gasteiger partial charge in [0.05, 0.1) is 5.56 Å². The molecular formula is C26H36NO+. The van der Waals surface area contributed by atoms with Crippen molar-refractivity contribution < 1.29 is 9.31 Å². The standard InChI is InChI=1S/C26H36NO/c1-8-19-13-11-12-14-23(19)27-17-20-15-21(25(4,5)9-2)16-22(24(20)28-18-27)26(6,7)10-3/h11-17H,8-10,18H2,1-7H3/q+1. The Hall–Kier alpha value is -2.09. The minimum absolute atomic E-state index is 0.0846. The molecule has 0 aliphatic carbocycles. The first kappa shape index (κ1) is 20.6. The molecule has 0 aromatic heterocycles. The molecule has 0 N–H and O–H groups in total. The zero-order chi connectivity index (χ0) is 20.5. The fraction of sp³-hybridized carbons (Fsp3) is 0.500. The molecule has 1 aliphatic heterocycles. The first-order chi connectivity index (χ1) is 13.2. The summed E-state index contributed by atoms with van der Waals surface area (Å²) in [6.45, 7) is 16.6. The lowest BCUT2D eigenvalue weighted by molar-refractivity contribution is -0.476. The van der Waals surface area contributed by atoms with Gasteiger partial charge in [0.25, 0.3) is 6.73 Å². The molecule has 2 aromatic rings. The Morgan fingerprint density at radius 3 is 2.25 bits per heavy atom. The van der Waals surface area contributed by atoms with Crippen LogP contribution in [0.25, 0.3) is 0 Å². The van der Waals surface area contributed by atoms with Crippen LogP contribution in [0.5, 0.6) is 5.75 Å². The zero-order valence-corrected chi connectivity index (χ0v) is 18.7. The van der Waals surface area contributed by atoms with Crippen LogP contribution in [-0.4, -0.2) is 17.5 Å². The van der Waals surface area contributed by atoms with Gasteiger partial charge in [-0.1, -0.05) is 72.7 Å². The molecule has 0 atom stereocenters. The van der Waals surface area contributed by atoms with E-state index >= 15 is 0 Å². The number of aryl methyl sites for hydroxylation is 1. The van der Waals surface area contributed by atoms with E-state index in [1.165, 1.54) is 27.9 Å². The maximum absolute atomic E-state index is 6.41. The Kier molecular flexibility index (Phi) is 5.70. The summed E-state index contributed by atoms with van der Waals surface area (Å²) in [4.78, 5) is 0. The summed E-state index contributed by atoms with van der Waals surface area (Å²) in [6.07, 6.45) is 5.50. The molecule has 2 aromatic carbocycles. The van der Waals surface area contributed by atoms with Crippen LogP contribution in [0.1, 0.15) is 83.6 Å². The summed E-state index contributed by atoms with van der Waals surface area (Å²) in [5.41, 5.74) is 6.76. The van der Waals surface area contributed by atoms with Crippen molar-refractivity contribution >= 4 is 11.9 Å². The Morgan fingerprint density at radius 1 is 0.929 bits per heavy atom. The van der Waals surface area contributed by atoms with Crippen LogP contribution in [0, 0.1) is 0 Å². The third-order valence-corrected chi connectivity index (χ3v) is 6.72. The van der Waals surface area contributed by atoms with Crippen molar-refractivity contribution in [2.75, 3.05) is 6.73 Å². The Labute approximate surface area is 171 Å². The maximum atomic E-state index is 6.41. The number of fused-ring (bicyclic) bond motifs is 1. The smallest absolute Gasteiger partial charge is 0.292 e. The second-order valence-electron chi connectivity index (χ2n) is 9.27. The van der Waals surface area contributed by atoms with Gasteiger partial charge in [0.15, 0.2) is 6.21 Å². The monoisotopic (exact) mass is 378 g/mol. The highest BCUT2D eigenvalue weighted by Crippen LogP contribution is 2.41. The molecule has 1 aliphatic rings. The molecule has 150 valence electrons. The van der Waals surface area contributed by atoms with Crippen LogP contribution in [0.4, 0.5) is 5.69 Å². The Morgan fingerprint density at radius 2 is 1.61 bits per heavy atom. The largest absolute Gasteiger partial charge is 0.435 e. The summed E-state index contributed by atoms with van der Waals surface area (Å²) in [7, 11) is 0. The van der Waals surface area contributed by atoms with Crippen molar-refractivity contribution in [3.05, 3.63) is 58.7 Å². The minimum atomic E-state index is 0.0846. The predicted molar refractivity (Wildman–Crippen MR) is 119 cm³/mol. The van der Waals surface area contributed by atoms with E-state index in [0.717, 1.165) is 25.0 Å². The van der Waals surface area contributed by atoms with E-state index in [2.05, 4.69) is 95.7 Å². The molecular weight excluding hydrogens is 342 g/mol. The molecule has 3 rings (SSSR count). The number of ether oxygens (including phenoxy) is 1. The highest BCUT2D eigenvalue weighted by molar-refractivity contribution is 5.83. The van der Waals surface area contributed by atoms with Crippen molar-refractivity contribution in [3.63, 3.8) is 0 Å². The molecule has 0 saturated carbocycles. The summed E-state index contributed by atoms with van der Waals surface area (Å²) < 4.78 is 8.66. The molecule has 2 nitrogen and oxygen atoms in total. The van der Waals surface area contributed by atoms with Gasteiger partial charge in [-0.25, -0.2) is 0 Å². The average molecular weight is 379 g/mol. The zero-order valence-electron chi connectivity index (χ0n) is 18.7. The van der Waals surface area contributed by atoms with Crippen LogP contribution >= 0.6 is 0 Å². The van der Waals surface area contributed by atoms with Crippen LogP contribution < -0.4 is 4.74 Å². The lowest BCUT2D eigenvalue weighted by atomic mass is 9.75. The number of para-hydroxylation sites is 1. The molecule has 0 fully saturated rings. The van der Waals surface area contributed by atoms with Gasteiger partial charge in [0, 0.05) is 17.2 Å². The molecule has 2 heteroatoms. The minimum Gasteiger partial charge on any atom is -0.435 e. The molecule has 0 radical (unpaired) electrons. The topological polar surface area (TPSA) is 12.2 Å². The Bertz CT molecular complexity index is 889. The molecule has 28 heavy (non-hydrogen) atoms. The summed E-state index contributed by atoms with van der Waals surface area (Å²) in [5.74, 6) is 1.06. The normalized spacial score (nSPS) is 14.3. The number of benzene rings is 2. The number of hydrogen-bond acceptors (Lipinski definition) is 1. The molecule has 0 amide bonds. The van der Waals surface area contributed by atoms with Gasteiger partial charge in [-0.3, -0.25) is 0 Å². The van der Waals surface area contributed by atoms with Crippen molar-refractivity contribution in [3.8, 4) is 5.75 Å². The second kappa shape index (κ2) is 7.73. The first-order valence-electron chi connectivity index (χ1n) is 10.7. The fourth-order valence-corrected chi connectivity index (χ4v) is 3.76. The van der Waals surface area contributed by atoms with Crippen molar-refractivity contribution in [2.45, 2.75) is 78.6 Å². The van der Waals surface area contributed by atoms with Gasteiger partial charge in [-0.15, -0.1) is 0 Å². The third-order valence-electron chi connectivity index (χ3n) is 6.72. The third kappa shape index (κ3) is 3.74. The Balaban J connectivity index is 2.21. The van der Waals surface area contributed by atoms with E-state index < -0.39 is 0 Å². The molecule has 0 bridgehead atoms. The number of nitrogens with zero attached hydrogens (tertiary/aromatic N) is 1. The van der Waals surface area contributed by atoms with Gasteiger partial charge in [0.1, 0.15) is 5.75 Å². The predicted octanol–water partition coefficient (Wildman–Crippen LogP) is 6.74. The SMILES string of the molecule is CCc1ccccc1[N+]1=Cc2cc(C(C)(C)CC)cc(C(C)(C)CC)c2OC1. The van der Waals surface area contributed by atoms with Crippen LogP contribution in [0.2, 0.25) is 0 Å². The molecule has 0 spiro atoms. The highest BCUT2D eigenvalue weighted by atomic mass is 16.5. The van der Waals surface area contributed by atoms with Crippen molar-refractivity contribution in [1.29, 1.82) is 0 Å². The van der Waals surface area contributed by atoms with Crippen LogP contribution in [0.15, 0.2) is 36.4 Å². The summed E-state index contributed by atoms with van der Waals surface area (Å²) >= 11 is 0. The van der Waals surface area contributed by atoms with Gasteiger partial charge in [-0.2, -0.15) is 4.58 Å². The van der Waals surface area contributed by atoms with E-state index in [9.17, 15) is 0 Å². The average Bonchev–Trinajstić information content (AvgIpc) is 2.72. The quantitative estimate of drug-likeness (QED) is 0.507. The first-order valence-corrected chi connectivity index (χ1v) is 10.7. The van der Waals surface area contributed by atoms with E-state index in [4.69, 9.17) is 4.74 Å². The van der Waals surface area contributed by atoms with E-state index in [-0.39, 0.29) is 10.8 Å². The van der Waals surface area contributed by atoms with Gasteiger partial charge in [0.2, 0.25) is 5.69 Å². The van der Waals surface area contributed by atoms with E-state index in [1.54, 1.807) is 0 Å². The molecule has 0 unspecified atom stereocenters. The molecule has 1 heterocycles. The van der Waals surface area contributed by atoms with Crippen LogP contribution in [0.3, 0.4) is 0 Å². The van der Waals surface area contributed by atoms with Crippen molar-refractivity contribution in [1.82, 2.24) is 0 Å². The lowest BCUT2D eigenvalue weighted by Crippen LogP contribution is -2.27. The van der Waals surface area contributed by atoms with Crippen molar-refractivity contribution in [2.24, 2.45) is 0 Å². The van der Waals surface area contributed by atoms with Gasteiger partial charge >= 0.3 is 0 Å². The maximum Gasteiger partial charge on any atom is 0.292 e. The number of hydrogen-bond donors (Lipinski definition) is 0. The van der Waals surface area contributed by atoms with Gasteiger partial charge in [-0.05, 0) is 41.7 Å². The lowest BCUT2D eigenvalue weighted by Gasteiger charge is -2.32. The van der Waals surface area contributed by atoms with E-state index in [0.29, 0.717) is 6.73 Å². The summed E-state index contributed by atoms with van der Waals surface area (Å²) in [5, 5.41) is 0. The molecule has 0 saturated heterocycles.